The molecule has 7 heteroatoms. The van der Waals surface area contributed by atoms with Crippen LogP contribution in [0.5, 0.6) is 5.75 Å². The van der Waals surface area contributed by atoms with Crippen molar-refractivity contribution in [3.63, 3.8) is 0 Å². The molecule has 2 aromatic carbocycles. The summed E-state index contributed by atoms with van der Waals surface area (Å²) in [7, 11) is 0. The monoisotopic (exact) mass is 343 g/mol. The van der Waals surface area contributed by atoms with Gasteiger partial charge in [0.2, 0.25) is 11.7 Å². The first-order chi connectivity index (χ1) is 11.5. The molecule has 0 bridgehead atoms. The number of nitrogens with zero attached hydrogens (tertiary/aromatic N) is 2. The maximum absolute atomic E-state index is 12.1. The SMILES string of the molecule is Cc1cccc(C(=O)NCc2nc(-c3ccc(Cl)cc3)no2)c1O. The van der Waals surface area contributed by atoms with Crippen molar-refractivity contribution in [2.75, 3.05) is 0 Å². The summed E-state index contributed by atoms with van der Waals surface area (Å²) in [5.74, 6) is 0.222. The number of amides is 1. The minimum absolute atomic E-state index is 0.0395. The summed E-state index contributed by atoms with van der Waals surface area (Å²) in [6.07, 6.45) is 0. The van der Waals surface area contributed by atoms with E-state index in [1.165, 1.54) is 0 Å². The first-order valence-corrected chi connectivity index (χ1v) is 7.57. The lowest BCUT2D eigenvalue weighted by molar-refractivity contribution is 0.0943. The van der Waals surface area contributed by atoms with E-state index in [2.05, 4.69) is 15.5 Å². The van der Waals surface area contributed by atoms with Crippen LogP contribution in [-0.4, -0.2) is 21.2 Å². The number of hydrogen-bond donors (Lipinski definition) is 2. The Balaban J connectivity index is 1.68. The number of phenolic OH excluding ortho intramolecular Hbond substituents is 1. The van der Waals surface area contributed by atoms with Crippen molar-refractivity contribution < 1.29 is 14.4 Å². The number of carbonyl (C=O) groups excluding carboxylic acids is 1. The van der Waals surface area contributed by atoms with E-state index < -0.39 is 5.91 Å². The maximum atomic E-state index is 12.1. The van der Waals surface area contributed by atoms with Crippen LogP contribution in [0.15, 0.2) is 47.0 Å². The van der Waals surface area contributed by atoms with E-state index >= 15 is 0 Å². The van der Waals surface area contributed by atoms with Gasteiger partial charge in [-0.1, -0.05) is 28.9 Å². The summed E-state index contributed by atoms with van der Waals surface area (Å²) in [5, 5.41) is 17.0. The van der Waals surface area contributed by atoms with Gasteiger partial charge in [-0.25, -0.2) is 0 Å². The average molecular weight is 344 g/mol. The number of aryl methyl sites for hydroxylation is 1. The van der Waals surface area contributed by atoms with E-state index in [1.807, 2.05) is 0 Å². The zero-order valence-corrected chi connectivity index (χ0v) is 13.5. The van der Waals surface area contributed by atoms with Gasteiger partial charge in [0.05, 0.1) is 12.1 Å². The number of rotatable bonds is 4. The summed E-state index contributed by atoms with van der Waals surface area (Å²) in [6.45, 7) is 1.79. The van der Waals surface area contributed by atoms with Crippen LogP contribution in [0.1, 0.15) is 21.8 Å². The second kappa shape index (κ2) is 6.72. The number of benzene rings is 2. The predicted octanol–water partition coefficient (Wildman–Crippen LogP) is 3.33. The number of halogens is 1. The van der Waals surface area contributed by atoms with Gasteiger partial charge in [-0.15, -0.1) is 0 Å². The number of phenols is 1. The Morgan fingerprint density at radius 1 is 1.25 bits per heavy atom. The number of aromatic nitrogens is 2. The Morgan fingerprint density at radius 2 is 2.00 bits per heavy atom. The third-order valence-corrected chi connectivity index (χ3v) is 3.71. The van der Waals surface area contributed by atoms with E-state index in [1.54, 1.807) is 49.4 Å². The van der Waals surface area contributed by atoms with Crippen LogP contribution in [0.4, 0.5) is 0 Å². The van der Waals surface area contributed by atoms with Gasteiger partial charge in [0.1, 0.15) is 5.75 Å². The summed E-state index contributed by atoms with van der Waals surface area (Å²) in [4.78, 5) is 16.3. The van der Waals surface area contributed by atoms with Crippen molar-refractivity contribution in [2.45, 2.75) is 13.5 Å². The molecule has 0 aliphatic carbocycles. The topological polar surface area (TPSA) is 88.3 Å². The van der Waals surface area contributed by atoms with Gasteiger partial charge in [0.25, 0.3) is 5.91 Å². The Hall–Kier alpha value is -2.86. The number of nitrogens with one attached hydrogen (secondary N) is 1. The summed E-state index contributed by atoms with van der Waals surface area (Å²) in [6, 6.07) is 12.0. The quantitative estimate of drug-likeness (QED) is 0.758. The van der Waals surface area contributed by atoms with E-state index in [0.717, 1.165) is 5.56 Å². The molecule has 0 unspecified atom stereocenters. The molecule has 6 nitrogen and oxygen atoms in total. The van der Waals surface area contributed by atoms with E-state index in [9.17, 15) is 9.90 Å². The van der Waals surface area contributed by atoms with E-state index in [0.29, 0.717) is 16.4 Å². The molecule has 0 spiro atoms. The molecule has 2 N–H and O–H groups in total. The number of aromatic hydroxyl groups is 1. The Labute approximate surface area is 143 Å². The lowest BCUT2D eigenvalue weighted by Crippen LogP contribution is -2.23. The van der Waals surface area contributed by atoms with Crippen molar-refractivity contribution in [3.05, 3.63) is 64.5 Å². The van der Waals surface area contributed by atoms with Crippen molar-refractivity contribution >= 4 is 17.5 Å². The normalized spacial score (nSPS) is 10.6. The Bertz CT molecular complexity index is 875. The molecule has 1 aromatic heterocycles. The third kappa shape index (κ3) is 3.38. The number of para-hydroxylation sites is 1. The van der Waals surface area contributed by atoms with Crippen molar-refractivity contribution in [2.24, 2.45) is 0 Å². The first kappa shape index (κ1) is 16.0. The Morgan fingerprint density at radius 3 is 2.75 bits per heavy atom. The third-order valence-electron chi connectivity index (χ3n) is 3.45. The van der Waals surface area contributed by atoms with Crippen molar-refractivity contribution in [1.29, 1.82) is 0 Å². The highest BCUT2D eigenvalue weighted by Crippen LogP contribution is 2.21. The molecule has 3 rings (SSSR count). The van der Waals surface area contributed by atoms with Gasteiger partial charge < -0.3 is 14.9 Å². The molecule has 0 aliphatic heterocycles. The van der Waals surface area contributed by atoms with Gasteiger partial charge in [0.15, 0.2) is 0 Å². The van der Waals surface area contributed by atoms with Crippen LogP contribution in [-0.2, 0) is 6.54 Å². The molecule has 1 heterocycles. The molecule has 0 fully saturated rings. The second-order valence-corrected chi connectivity index (χ2v) is 5.61. The molecule has 0 saturated carbocycles. The lowest BCUT2D eigenvalue weighted by atomic mass is 10.1. The summed E-state index contributed by atoms with van der Waals surface area (Å²) in [5.41, 5.74) is 1.59. The molecule has 0 aliphatic rings. The zero-order chi connectivity index (χ0) is 17.1. The van der Waals surface area contributed by atoms with E-state index in [4.69, 9.17) is 16.1 Å². The largest absolute Gasteiger partial charge is 0.507 e. The molecular weight excluding hydrogens is 330 g/mol. The molecular formula is C17H14ClN3O3. The van der Waals surface area contributed by atoms with Gasteiger partial charge in [-0.3, -0.25) is 4.79 Å². The number of carbonyl (C=O) groups is 1. The molecule has 0 radical (unpaired) electrons. The average Bonchev–Trinajstić information content (AvgIpc) is 3.05. The Kier molecular flexibility index (Phi) is 4.48. The standard InChI is InChI=1S/C17H14ClN3O3/c1-10-3-2-4-13(15(10)22)17(23)19-9-14-20-16(21-24-14)11-5-7-12(18)8-6-11/h2-8,22H,9H2,1H3,(H,19,23). The highest BCUT2D eigenvalue weighted by molar-refractivity contribution is 6.30. The van der Waals surface area contributed by atoms with Crippen molar-refractivity contribution in [3.8, 4) is 17.1 Å². The highest BCUT2D eigenvalue weighted by Gasteiger charge is 2.14. The summed E-state index contributed by atoms with van der Waals surface area (Å²) < 4.78 is 5.12. The van der Waals surface area contributed by atoms with E-state index in [-0.39, 0.29) is 23.7 Å². The zero-order valence-electron chi connectivity index (χ0n) is 12.8. The van der Waals surface area contributed by atoms with Crippen LogP contribution in [0, 0.1) is 6.92 Å². The smallest absolute Gasteiger partial charge is 0.255 e. The molecule has 122 valence electrons. The summed E-state index contributed by atoms with van der Waals surface area (Å²) >= 11 is 5.84. The predicted molar refractivity (Wildman–Crippen MR) is 88.8 cm³/mol. The molecule has 24 heavy (non-hydrogen) atoms. The second-order valence-electron chi connectivity index (χ2n) is 5.17. The van der Waals surface area contributed by atoms with Gasteiger partial charge in [0, 0.05) is 10.6 Å². The minimum atomic E-state index is -0.414. The van der Waals surface area contributed by atoms with Crippen LogP contribution in [0.25, 0.3) is 11.4 Å². The van der Waals surface area contributed by atoms with Gasteiger partial charge in [-0.2, -0.15) is 4.98 Å². The highest BCUT2D eigenvalue weighted by atomic mass is 35.5. The molecule has 0 atom stereocenters. The van der Waals surface area contributed by atoms with Crippen LogP contribution in [0.3, 0.4) is 0 Å². The first-order valence-electron chi connectivity index (χ1n) is 7.20. The fraction of sp³-hybridized carbons (Fsp3) is 0.118. The lowest BCUT2D eigenvalue weighted by Gasteiger charge is -2.06. The van der Waals surface area contributed by atoms with Crippen molar-refractivity contribution in [1.82, 2.24) is 15.5 Å². The molecule has 1 amide bonds. The van der Waals surface area contributed by atoms with Crippen LogP contribution >= 0.6 is 11.6 Å². The fourth-order valence-electron chi connectivity index (χ4n) is 2.14. The van der Waals surface area contributed by atoms with Gasteiger partial charge in [-0.05, 0) is 42.8 Å². The fourth-order valence-corrected chi connectivity index (χ4v) is 2.26. The van der Waals surface area contributed by atoms with Crippen LogP contribution in [0.2, 0.25) is 5.02 Å². The molecule has 3 aromatic rings. The van der Waals surface area contributed by atoms with Crippen LogP contribution < -0.4 is 5.32 Å². The maximum Gasteiger partial charge on any atom is 0.255 e. The number of hydrogen-bond acceptors (Lipinski definition) is 5. The molecule has 0 saturated heterocycles. The van der Waals surface area contributed by atoms with Gasteiger partial charge >= 0.3 is 0 Å². The minimum Gasteiger partial charge on any atom is -0.507 e.